The number of fused-ring (bicyclic) bond motifs is 2. The number of anilines is 1. The molecule has 4 heterocycles. The summed E-state index contributed by atoms with van der Waals surface area (Å²) in [6.07, 6.45) is 13.1. The molecule has 9 nitrogen and oxygen atoms in total. The standard InChI is InChI=1S/C36H41FN4O5/c1-25(42)26(14-22-43-2)5-3-20-44-21-4-15-40-16-10-27(11-17-40)35-32-9-7-30(24-34(32)46-39-35)41-18-12-28(13-19-41)36-31-8-6-29(37)23-33(31)45-38-36/h3,5-9,14,20,22-24,27-28H,4,10-13,15-19,21H2,1-2H3. The third-order valence-electron chi connectivity index (χ3n) is 9.14. The van der Waals surface area contributed by atoms with Crippen LogP contribution in [0.5, 0.6) is 0 Å². The number of nitrogens with zero attached hydrogens (tertiary/aromatic N) is 4. The van der Waals surface area contributed by atoms with Crippen LogP contribution in [0.2, 0.25) is 0 Å². The van der Waals surface area contributed by atoms with E-state index < -0.39 is 0 Å². The molecular formula is C36H41FN4O5. The fraction of sp³-hybridized carbons (Fsp3) is 0.417. The largest absolute Gasteiger partial charge is 0.504 e. The Balaban J connectivity index is 0.954. The molecule has 2 saturated heterocycles. The number of halogens is 1. The van der Waals surface area contributed by atoms with E-state index in [1.54, 1.807) is 37.7 Å². The number of hydrogen-bond acceptors (Lipinski definition) is 9. The molecular weight excluding hydrogens is 587 g/mol. The fourth-order valence-electron chi connectivity index (χ4n) is 6.57. The van der Waals surface area contributed by atoms with Crippen LogP contribution in [-0.2, 0) is 14.3 Å². The van der Waals surface area contributed by atoms with Gasteiger partial charge in [-0.05, 0) is 94.6 Å². The van der Waals surface area contributed by atoms with Crippen LogP contribution in [0.3, 0.4) is 0 Å². The number of benzene rings is 2. The number of allylic oxidation sites excluding steroid dienone is 4. The fourth-order valence-corrected chi connectivity index (χ4v) is 6.57. The molecule has 0 amide bonds. The smallest absolute Gasteiger partial charge is 0.170 e. The Morgan fingerprint density at radius 2 is 1.59 bits per heavy atom. The van der Waals surface area contributed by atoms with Gasteiger partial charge in [0.1, 0.15) is 5.82 Å². The highest BCUT2D eigenvalue weighted by Crippen LogP contribution is 2.37. The molecule has 2 aliphatic rings. The maximum absolute atomic E-state index is 13.6. The van der Waals surface area contributed by atoms with E-state index in [0.29, 0.717) is 23.7 Å². The first kappa shape index (κ1) is 31.5. The second-order valence-corrected chi connectivity index (χ2v) is 12.1. The van der Waals surface area contributed by atoms with Crippen molar-refractivity contribution in [3.63, 3.8) is 0 Å². The van der Waals surface area contributed by atoms with Crippen LogP contribution in [0.25, 0.3) is 21.9 Å². The van der Waals surface area contributed by atoms with Crippen LogP contribution in [0.4, 0.5) is 10.1 Å². The third kappa shape index (κ3) is 7.33. The molecule has 4 aromatic rings. The molecule has 242 valence electrons. The Labute approximate surface area is 268 Å². The summed E-state index contributed by atoms with van der Waals surface area (Å²) >= 11 is 0. The minimum absolute atomic E-state index is 0.0310. The second kappa shape index (κ2) is 14.8. The number of Topliss-reactive ketones (excluding diaryl/α,β-unsaturated/α-hetero) is 1. The van der Waals surface area contributed by atoms with E-state index in [-0.39, 0.29) is 17.5 Å². The highest BCUT2D eigenvalue weighted by Gasteiger charge is 2.27. The van der Waals surface area contributed by atoms with Gasteiger partial charge in [-0.15, -0.1) is 0 Å². The molecule has 10 heteroatoms. The van der Waals surface area contributed by atoms with Crippen molar-refractivity contribution >= 4 is 33.4 Å². The van der Waals surface area contributed by atoms with Gasteiger partial charge in [0.05, 0.1) is 37.6 Å². The maximum Gasteiger partial charge on any atom is 0.170 e. The lowest BCUT2D eigenvalue weighted by Gasteiger charge is -2.33. The predicted octanol–water partition coefficient (Wildman–Crippen LogP) is 7.27. The van der Waals surface area contributed by atoms with E-state index in [2.05, 4.69) is 38.3 Å². The van der Waals surface area contributed by atoms with E-state index in [1.165, 1.54) is 25.3 Å². The van der Waals surface area contributed by atoms with Gasteiger partial charge in [-0.25, -0.2) is 4.39 Å². The van der Waals surface area contributed by atoms with Crippen molar-refractivity contribution in [2.45, 2.75) is 50.9 Å². The normalized spacial score (nSPS) is 17.6. The molecule has 2 aliphatic heterocycles. The molecule has 0 atom stereocenters. The number of ketones is 1. The van der Waals surface area contributed by atoms with Gasteiger partial charge in [0.25, 0.3) is 0 Å². The molecule has 46 heavy (non-hydrogen) atoms. The molecule has 2 aromatic carbocycles. The molecule has 0 bridgehead atoms. The second-order valence-electron chi connectivity index (χ2n) is 12.1. The van der Waals surface area contributed by atoms with E-state index in [9.17, 15) is 9.18 Å². The molecule has 2 aromatic heterocycles. The number of aromatic nitrogens is 2. The molecule has 0 saturated carbocycles. The quantitative estimate of drug-likeness (QED) is 0.0695. The summed E-state index contributed by atoms with van der Waals surface area (Å²) in [6, 6.07) is 11.1. The number of carbonyl (C=O) groups excluding carboxylic acids is 1. The number of likely N-dealkylation sites (tertiary alicyclic amines) is 1. The number of methoxy groups -OCH3 is 1. The maximum atomic E-state index is 13.6. The van der Waals surface area contributed by atoms with Crippen molar-refractivity contribution in [2.24, 2.45) is 0 Å². The van der Waals surface area contributed by atoms with E-state index >= 15 is 0 Å². The highest BCUT2D eigenvalue weighted by atomic mass is 19.1. The average Bonchev–Trinajstić information content (AvgIpc) is 3.69. The van der Waals surface area contributed by atoms with Crippen molar-refractivity contribution in [1.29, 1.82) is 0 Å². The van der Waals surface area contributed by atoms with Gasteiger partial charge in [0, 0.05) is 65.6 Å². The van der Waals surface area contributed by atoms with Crippen molar-refractivity contribution < 1.29 is 27.7 Å². The van der Waals surface area contributed by atoms with Gasteiger partial charge in [0.15, 0.2) is 16.9 Å². The van der Waals surface area contributed by atoms with Crippen molar-refractivity contribution in [3.8, 4) is 0 Å². The van der Waals surface area contributed by atoms with Crippen molar-refractivity contribution in [2.75, 3.05) is 51.3 Å². The lowest BCUT2D eigenvalue weighted by atomic mass is 9.90. The molecule has 0 spiro atoms. The van der Waals surface area contributed by atoms with Crippen LogP contribution >= 0.6 is 0 Å². The van der Waals surface area contributed by atoms with E-state index in [1.807, 2.05) is 0 Å². The Kier molecular flexibility index (Phi) is 10.1. The summed E-state index contributed by atoms with van der Waals surface area (Å²) in [6.45, 7) is 6.97. The monoisotopic (exact) mass is 628 g/mol. The number of rotatable bonds is 12. The molecule has 6 rings (SSSR count). The predicted molar refractivity (Wildman–Crippen MR) is 175 cm³/mol. The first-order chi connectivity index (χ1) is 22.5. The molecule has 0 radical (unpaired) electrons. The lowest BCUT2D eigenvalue weighted by molar-refractivity contribution is -0.113. The number of ether oxygens (including phenoxy) is 2. The summed E-state index contributed by atoms with van der Waals surface area (Å²) in [5.41, 5.74) is 5.05. The average molecular weight is 629 g/mol. The van der Waals surface area contributed by atoms with Gasteiger partial charge in [-0.1, -0.05) is 10.3 Å². The summed E-state index contributed by atoms with van der Waals surface area (Å²) in [5.74, 6) is 0.337. The van der Waals surface area contributed by atoms with Crippen LogP contribution in [-0.4, -0.2) is 67.4 Å². The van der Waals surface area contributed by atoms with Crippen LogP contribution in [0.15, 0.2) is 81.8 Å². The Bertz CT molecular complexity index is 1720. The summed E-state index contributed by atoms with van der Waals surface area (Å²) < 4.78 is 35.3. The molecule has 2 fully saturated rings. The van der Waals surface area contributed by atoms with Gasteiger partial charge < -0.3 is 28.3 Å². The minimum atomic E-state index is -0.309. The van der Waals surface area contributed by atoms with Crippen molar-refractivity contribution in [1.82, 2.24) is 15.2 Å². The highest BCUT2D eigenvalue weighted by molar-refractivity contribution is 5.96. The number of piperidine rings is 2. The summed E-state index contributed by atoms with van der Waals surface area (Å²) in [4.78, 5) is 16.5. The summed E-state index contributed by atoms with van der Waals surface area (Å²) in [5, 5.41) is 10.8. The van der Waals surface area contributed by atoms with Gasteiger partial charge in [-0.3, -0.25) is 4.79 Å². The zero-order valence-electron chi connectivity index (χ0n) is 26.5. The Hall–Kier alpha value is -4.44. The first-order valence-corrected chi connectivity index (χ1v) is 16.1. The zero-order valence-corrected chi connectivity index (χ0v) is 26.5. The van der Waals surface area contributed by atoms with Gasteiger partial charge in [-0.2, -0.15) is 0 Å². The third-order valence-corrected chi connectivity index (χ3v) is 9.14. The summed E-state index contributed by atoms with van der Waals surface area (Å²) in [7, 11) is 1.55. The number of hydrogen-bond donors (Lipinski definition) is 0. The lowest BCUT2D eigenvalue weighted by Crippen LogP contribution is -2.34. The SMILES string of the molecule is COC=CC(=CC=COCCCN1CCC(c2noc3cc(N4CCC(c5noc6cc(F)ccc56)CC4)ccc23)CC1)C(C)=O. The molecule has 0 aliphatic carbocycles. The van der Waals surface area contributed by atoms with Gasteiger partial charge in [0.2, 0.25) is 0 Å². The number of carbonyl (C=O) groups is 1. The minimum Gasteiger partial charge on any atom is -0.504 e. The van der Waals surface area contributed by atoms with E-state index in [4.69, 9.17) is 18.5 Å². The van der Waals surface area contributed by atoms with Crippen LogP contribution < -0.4 is 4.90 Å². The Morgan fingerprint density at radius 3 is 2.26 bits per heavy atom. The Morgan fingerprint density at radius 1 is 0.935 bits per heavy atom. The van der Waals surface area contributed by atoms with Gasteiger partial charge >= 0.3 is 0 Å². The molecule has 0 unspecified atom stereocenters. The topological polar surface area (TPSA) is 94.1 Å². The first-order valence-electron chi connectivity index (χ1n) is 16.1. The van der Waals surface area contributed by atoms with Crippen molar-refractivity contribution in [3.05, 3.63) is 89.9 Å². The van der Waals surface area contributed by atoms with E-state index in [0.717, 1.165) is 98.3 Å². The van der Waals surface area contributed by atoms with Crippen LogP contribution in [0.1, 0.15) is 62.3 Å². The zero-order chi connectivity index (χ0) is 31.9. The molecule has 0 N–H and O–H groups in total. The van der Waals surface area contributed by atoms with Crippen LogP contribution in [0, 0.1) is 5.82 Å².